The molecule has 0 spiro atoms. The van der Waals surface area contributed by atoms with E-state index in [-0.39, 0.29) is 0 Å². The summed E-state index contributed by atoms with van der Waals surface area (Å²) in [5.74, 6) is 0. The minimum atomic E-state index is -3.84. The lowest BCUT2D eigenvalue weighted by Gasteiger charge is -1.79. The highest BCUT2D eigenvalue weighted by molar-refractivity contribution is 7.88. The fourth-order valence-electron chi connectivity index (χ4n) is 0.218. The first kappa shape index (κ1) is 7.87. The van der Waals surface area contributed by atoms with Crippen molar-refractivity contribution < 1.29 is 13.0 Å². The molecule has 0 saturated heterocycles. The molecule has 0 aliphatic heterocycles. The molecular formula is C3H8O3SSi. The van der Waals surface area contributed by atoms with Gasteiger partial charge in [-0.2, -0.15) is 8.42 Å². The smallest absolute Gasteiger partial charge is 0.282 e. The third-order valence-electron chi connectivity index (χ3n) is 0.504. The molecule has 1 N–H and O–H groups in total. The minimum absolute atomic E-state index is 0.750. The lowest BCUT2D eigenvalue weighted by atomic mass is 10.8. The van der Waals surface area contributed by atoms with Gasteiger partial charge in [-0.1, -0.05) is 6.08 Å². The molecule has 0 atom stereocenters. The van der Waals surface area contributed by atoms with Crippen molar-refractivity contribution in [3.05, 3.63) is 11.5 Å². The Balaban J connectivity index is 3.92. The minimum Gasteiger partial charge on any atom is -0.282 e. The van der Waals surface area contributed by atoms with Crippen LogP contribution in [0.25, 0.3) is 0 Å². The molecule has 48 valence electrons. The van der Waals surface area contributed by atoms with Gasteiger partial charge >= 0.3 is 0 Å². The largest absolute Gasteiger partial charge is 0.287 e. The number of allylic oxidation sites excluding steroid dienone is 1. The molecule has 0 rings (SSSR count). The van der Waals surface area contributed by atoms with Crippen LogP contribution in [0.2, 0.25) is 6.04 Å². The second-order valence-electron chi connectivity index (χ2n) is 1.30. The molecule has 0 aliphatic rings. The average molecular weight is 152 g/mol. The van der Waals surface area contributed by atoms with E-state index in [1.165, 1.54) is 6.08 Å². The van der Waals surface area contributed by atoms with Gasteiger partial charge in [-0.05, 0) is 6.04 Å². The van der Waals surface area contributed by atoms with Crippen LogP contribution in [0.5, 0.6) is 0 Å². The Hall–Kier alpha value is -0.133. The van der Waals surface area contributed by atoms with Crippen LogP contribution in [-0.4, -0.2) is 23.2 Å². The molecule has 0 amide bonds. The molecule has 0 aliphatic carbocycles. The molecule has 8 heavy (non-hydrogen) atoms. The fourth-order valence-corrected chi connectivity index (χ4v) is 1.23. The highest BCUT2D eigenvalue weighted by Crippen LogP contribution is 1.85. The average Bonchev–Trinajstić information content (AvgIpc) is 1.59. The van der Waals surface area contributed by atoms with E-state index in [2.05, 4.69) is 0 Å². The zero-order valence-electron chi connectivity index (χ0n) is 4.53. The molecule has 0 fully saturated rings. The van der Waals surface area contributed by atoms with Gasteiger partial charge in [0.25, 0.3) is 10.1 Å². The standard InChI is InChI=1S/C3H8O3SSi/c4-7(5,6)2-1-3-8/h1-2H,3H2,8H3,(H,4,5,6). The molecule has 0 aromatic rings. The van der Waals surface area contributed by atoms with E-state index in [0.29, 0.717) is 0 Å². The molecular weight excluding hydrogens is 144 g/mol. The SMILES string of the molecule is O=S(=O)(O)C=CC[SiH3]. The highest BCUT2D eigenvalue weighted by atomic mass is 32.2. The van der Waals surface area contributed by atoms with Crippen molar-refractivity contribution in [1.29, 1.82) is 0 Å². The molecule has 0 saturated carbocycles. The molecule has 5 heteroatoms. The van der Waals surface area contributed by atoms with Gasteiger partial charge in [0.2, 0.25) is 0 Å². The molecule has 0 aromatic heterocycles. The topological polar surface area (TPSA) is 54.4 Å². The summed E-state index contributed by atoms with van der Waals surface area (Å²) >= 11 is 0. The van der Waals surface area contributed by atoms with Crippen molar-refractivity contribution >= 4 is 20.4 Å². The van der Waals surface area contributed by atoms with Crippen LogP contribution in [0.3, 0.4) is 0 Å². The molecule has 0 aromatic carbocycles. The highest BCUT2D eigenvalue weighted by Gasteiger charge is 1.91. The molecule has 0 unspecified atom stereocenters. The normalized spacial score (nSPS) is 13.1. The maximum Gasteiger partial charge on any atom is 0.287 e. The first-order chi connectivity index (χ1) is 3.56. The Kier molecular flexibility index (Phi) is 2.96. The van der Waals surface area contributed by atoms with Crippen LogP contribution in [0, 0.1) is 0 Å². The quantitative estimate of drug-likeness (QED) is 0.415. The summed E-state index contributed by atoms with van der Waals surface area (Å²) < 4.78 is 27.8. The number of rotatable bonds is 2. The van der Waals surface area contributed by atoms with Gasteiger partial charge in [0.1, 0.15) is 0 Å². The van der Waals surface area contributed by atoms with Crippen LogP contribution in [0.15, 0.2) is 11.5 Å². The Labute approximate surface area is 51.6 Å². The summed E-state index contributed by atoms with van der Waals surface area (Å²) in [7, 11) is -2.92. The summed E-state index contributed by atoms with van der Waals surface area (Å²) in [6.45, 7) is 0. The Morgan fingerprint density at radius 3 is 2.25 bits per heavy atom. The second kappa shape index (κ2) is 3.01. The van der Waals surface area contributed by atoms with Crippen molar-refractivity contribution in [3.8, 4) is 0 Å². The van der Waals surface area contributed by atoms with E-state index < -0.39 is 10.1 Å². The van der Waals surface area contributed by atoms with Gasteiger partial charge < -0.3 is 0 Å². The van der Waals surface area contributed by atoms with Gasteiger partial charge in [-0.15, -0.1) is 0 Å². The van der Waals surface area contributed by atoms with Crippen LogP contribution in [0.4, 0.5) is 0 Å². The maximum absolute atomic E-state index is 9.87. The third-order valence-corrected chi connectivity index (χ3v) is 1.51. The van der Waals surface area contributed by atoms with Crippen molar-refractivity contribution in [2.45, 2.75) is 6.04 Å². The van der Waals surface area contributed by atoms with E-state index >= 15 is 0 Å². The number of hydrogen-bond donors (Lipinski definition) is 1. The van der Waals surface area contributed by atoms with Crippen molar-refractivity contribution in [3.63, 3.8) is 0 Å². The first-order valence-electron chi connectivity index (χ1n) is 2.20. The van der Waals surface area contributed by atoms with E-state index in [4.69, 9.17) is 4.55 Å². The van der Waals surface area contributed by atoms with Gasteiger partial charge in [-0.3, -0.25) is 4.55 Å². The molecule has 0 radical (unpaired) electrons. The van der Waals surface area contributed by atoms with Gasteiger partial charge in [0.15, 0.2) is 0 Å². The lowest BCUT2D eigenvalue weighted by molar-refractivity contribution is 0.494. The predicted molar refractivity (Wildman–Crippen MR) is 35.4 cm³/mol. The van der Waals surface area contributed by atoms with Crippen molar-refractivity contribution in [2.75, 3.05) is 0 Å². The fraction of sp³-hybridized carbons (Fsp3) is 0.333. The summed E-state index contributed by atoms with van der Waals surface area (Å²) in [5, 5.41) is 0.806. The summed E-state index contributed by atoms with van der Waals surface area (Å²) in [5.41, 5.74) is 0. The van der Waals surface area contributed by atoms with Crippen LogP contribution in [-0.2, 0) is 10.1 Å². The summed E-state index contributed by atoms with van der Waals surface area (Å²) in [6, 6.07) is 0.750. The van der Waals surface area contributed by atoms with Gasteiger partial charge in [-0.25, -0.2) is 0 Å². The van der Waals surface area contributed by atoms with Crippen molar-refractivity contribution in [1.82, 2.24) is 0 Å². The lowest BCUT2D eigenvalue weighted by Crippen LogP contribution is -1.88. The van der Waals surface area contributed by atoms with Gasteiger partial charge in [0, 0.05) is 10.2 Å². The second-order valence-corrected chi connectivity index (χ2v) is 3.41. The molecule has 0 bridgehead atoms. The third kappa shape index (κ3) is 5.87. The first-order valence-corrected chi connectivity index (χ1v) is 5.12. The van der Waals surface area contributed by atoms with Crippen LogP contribution in [0.1, 0.15) is 0 Å². The monoisotopic (exact) mass is 152 g/mol. The maximum atomic E-state index is 9.87. The summed E-state index contributed by atoms with van der Waals surface area (Å²) in [6.07, 6.45) is 1.43. The van der Waals surface area contributed by atoms with E-state index in [0.717, 1.165) is 21.7 Å². The Morgan fingerprint density at radius 2 is 2.12 bits per heavy atom. The Morgan fingerprint density at radius 1 is 1.62 bits per heavy atom. The summed E-state index contributed by atoms with van der Waals surface area (Å²) in [4.78, 5) is 0. The van der Waals surface area contributed by atoms with E-state index in [9.17, 15) is 8.42 Å². The van der Waals surface area contributed by atoms with Crippen LogP contribution < -0.4 is 0 Å². The zero-order valence-corrected chi connectivity index (χ0v) is 7.35. The molecule has 3 nitrogen and oxygen atoms in total. The molecule has 0 heterocycles. The van der Waals surface area contributed by atoms with Crippen LogP contribution >= 0.6 is 0 Å². The van der Waals surface area contributed by atoms with E-state index in [1.54, 1.807) is 0 Å². The van der Waals surface area contributed by atoms with Crippen molar-refractivity contribution in [2.24, 2.45) is 0 Å². The zero-order chi connectivity index (χ0) is 6.62. The number of hydrogen-bond acceptors (Lipinski definition) is 2. The Bertz CT molecular complexity index is 169. The van der Waals surface area contributed by atoms with Gasteiger partial charge in [0.05, 0.1) is 5.41 Å². The van der Waals surface area contributed by atoms with E-state index in [1.807, 2.05) is 0 Å². The predicted octanol–water partition coefficient (Wildman–Crippen LogP) is -0.828.